The van der Waals surface area contributed by atoms with Gasteiger partial charge in [-0.15, -0.1) is 0 Å². The minimum Gasteiger partial charge on any atom is -0.362 e. The summed E-state index contributed by atoms with van der Waals surface area (Å²) in [4.78, 5) is 1.33. The summed E-state index contributed by atoms with van der Waals surface area (Å²) in [6.07, 6.45) is -3.57. The molecule has 18 heavy (non-hydrogen) atoms. The second kappa shape index (κ2) is 6.43. The summed E-state index contributed by atoms with van der Waals surface area (Å²) < 4.78 is 38.4. The van der Waals surface area contributed by atoms with E-state index in [1.807, 2.05) is 6.92 Å². The minimum absolute atomic E-state index is 0.223. The molecule has 1 aromatic carbocycles. The summed E-state index contributed by atoms with van der Waals surface area (Å²) in [5.41, 5.74) is 6.84. The van der Waals surface area contributed by atoms with Gasteiger partial charge in [0.15, 0.2) is 0 Å². The summed E-state index contributed by atoms with van der Waals surface area (Å²) in [7, 11) is 0. The molecule has 102 valence electrons. The number of anilines is 1. The fraction of sp³-hybridized carbons (Fsp3) is 0.500. The van der Waals surface area contributed by atoms with Gasteiger partial charge in [-0.1, -0.05) is 28.9 Å². The van der Waals surface area contributed by atoms with Gasteiger partial charge in [-0.3, -0.25) is 0 Å². The van der Waals surface area contributed by atoms with E-state index in [0.29, 0.717) is 18.7 Å². The fourth-order valence-electron chi connectivity index (χ4n) is 1.78. The lowest BCUT2D eigenvalue weighted by Gasteiger charge is -2.27. The Morgan fingerprint density at radius 2 is 2.00 bits per heavy atom. The summed E-state index contributed by atoms with van der Waals surface area (Å²) in [5.74, 6) is 0. The largest absolute Gasteiger partial charge is 0.405 e. The van der Waals surface area contributed by atoms with Gasteiger partial charge in [0.25, 0.3) is 0 Å². The minimum atomic E-state index is -4.22. The lowest BCUT2D eigenvalue weighted by molar-refractivity contribution is -0.119. The number of nitrogens with zero attached hydrogens (tertiary/aromatic N) is 1. The van der Waals surface area contributed by atoms with Gasteiger partial charge in [0.05, 0.1) is 0 Å². The van der Waals surface area contributed by atoms with Crippen molar-refractivity contribution in [2.45, 2.75) is 26.1 Å². The van der Waals surface area contributed by atoms with Gasteiger partial charge in [0, 0.05) is 23.2 Å². The Labute approximate surface area is 113 Å². The van der Waals surface area contributed by atoms with Crippen LogP contribution in [0.5, 0.6) is 0 Å². The molecule has 0 aliphatic heterocycles. The highest BCUT2D eigenvalue weighted by Crippen LogP contribution is 2.28. The Balaban J connectivity index is 3.07. The normalized spacial score (nSPS) is 11.7. The van der Waals surface area contributed by atoms with Crippen molar-refractivity contribution in [3.8, 4) is 0 Å². The number of hydrogen-bond donors (Lipinski definition) is 1. The highest BCUT2D eigenvalue weighted by atomic mass is 79.9. The number of rotatable bonds is 5. The van der Waals surface area contributed by atoms with Crippen LogP contribution in [0, 0.1) is 0 Å². The average Bonchev–Trinajstić information content (AvgIpc) is 2.26. The zero-order valence-electron chi connectivity index (χ0n) is 10.1. The van der Waals surface area contributed by atoms with Gasteiger partial charge < -0.3 is 10.6 Å². The van der Waals surface area contributed by atoms with Crippen LogP contribution in [0.3, 0.4) is 0 Å². The van der Waals surface area contributed by atoms with E-state index in [-0.39, 0.29) is 6.54 Å². The molecule has 2 nitrogen and oxygen atoms in total. The smallest absolute Gasteiger partial charge is 0.362 e. The highest BCUT2D eigenvalue weighted by Gasteiger charge is 2.31. The standard InChI is InChI=1S/C12H16BrF3N2/c1-2-5-18(8-12(14,15)16)11-6-10(13)4-3-9(11)7-17/h3-4,6H,2,5,7-8,17H2,1H3. The molecule has 0 saturated heterocycles. The van der Waals surface area contributed by atoms with Crippen LogP contribution in [0.25, 0.3) is 0 Å². The maximum Gasteiger partial charge on any atom is 0.405 e. The van der Waals surface area contributed by atoms with Crippen molar-refractivity contribution >= 4 is 21.6 Å². The number of alkyl halides is 3. The molecule has 0 amide bonds. The zero-order valence-corrected chi connectivity index (χ0v) is 11.7. The van der Waals surface area contributed by atoms with E-state index < -0.39 is 12.7 Å². The van der Waals surface area contributed by atoms with Gasteiger partial charge >= 0.3 is 6.18 Å². The SMILES string of the molecule is CCCN(CC(F)(F)F)c1cc(Br)ccc1CN. The predicted molar refractivity (Wildman–Crippen MR) is 70.6 cm³/mol. The fourth-order valence-corrected chi connectivity index (χ4v) is 2.12. The van der Waals surface area contributed by atoms with E-state index in [1.54, 1.807) is 18.2 Å². The summed E-state index contributed by atoms with van der Waals surface area (Å²) in [6, 6.07) is 5.21. The van der Waals surface area contributed by atoms with Crippen molar-refractivity contribution < 1.29 is 13.2 Å². The number of hydrogen-bond acceptors (Lipinski definition) is 2. The Morgan fingerprint density at radius 3 is 2.50 bits per heavy atom. The maximum absolute atomic E-state index is 12.6. The quantitative estimate of drug-likeness (QED) is 0.895. The molecule has 0 aliphatic rings. The van der Waals surface area contributed by atoms with E-state index in [0.717, 1.165) is 10.0 Å². The third kappa shape index (κ3) is 4.49. The highest BCUT2D eigenvalue weighted by molar-refractivity contribution is 9.10. The van der Waals surface area contributed by atoms with Crippen LogP contribution in [0.15, 0.2) is 22.7 Å². The van der Waals surface area contributed by atoms with E-state index in [9.17, 15) is 13.2 Å². The topological polar surface area (TPSA) is 29.3 Å². The van der Waals surface area contributed by atoms with Gasteiger partial charge in [-0.05, 0) is 24.1 Å². The number of benzene rings is 1. The molecule has 0 aliphatic carbocycles. The first-order valence-electron chi connectivity index (χ1n) is 5.67. The maximum atomic E-state index is 12.6. The predicted octanol–water partition coefficient (Wildman–Crippen LogP) is 3.69. The van der Waals surface area contributed by atoms with Crippen molar-refractivity contribution in [2.75, 3.05) is 18.0 Å². The van der Waals surface area contributed by atoms with Crippen molar-refractivity contribution in [3.05, 3.63) is 28.2 Å². The third-order valence-electron chi connectivity index (χ3n) is 2.47. The molecule has 6 heteroatoms. The van der Waals surface area contributed by atoms with Gasteiger partial charge in [0.2, 0.25) is 0 Å². The molecular formula is C12H16BrF3N2. The molecule has 0 radical (unpaired) electrons. The molecule has 0 heterocycles. The van der Waals surface area contributed by atoms with Gasteiger partial charge in [-0.25, -0.2) is 0 Å². The second-order valence-corrected chi connectivity index (χ2v) is 4.93. The molecule has 0 aromatic heterocycles. The molecule has 0 fully saturated rings. The number of halogens is 4. The van der Waals surface area contributed by atoms with E-state index in [1.165, 1.54) is 4.90 Å². The van der Waals surface area contributed by atoms with Gasteiger partial charge in [0.1, 0.15) is 6.54 Å². The Bertz CT molecular complexity index is 393. The first kappa shape index (κ1) is 15.3. The van der Waals surface area contributed by atoms with Crippen LogP contribution in [0.1, 0.15) is 18.9 Å². The summed E-state index contributed by atoms with van der Waals surface area (Å²) in [6.45, 7) is 1.47. The molecule has 1 rings (SSSR count). The Kier molecular flexibility index (Phi) is 5.47. The lowest BCUT2D eigenvalue weighted by Crippen LogP contribution is -2.35. The molecule has 0 spiro atoms. The van der Waals surface area contributed by atoms with Crippen LogP contribution in [0.2, 0.25) is 0 Å². The van der Waals surface area contributed by atoms with E-state index in [2.05, 4.69) is 15.9 Å². The Hall–Kier alpha value is -0.750. The summed E-state index contributed by atoms with van der Waals surface area (Å²) >= 11 is 3.28. The number of nitrogens with two attached hydrogens (primary N) is 1. The second-order valence-electron chi connectivity index (χ2n) is 4.01. The van der Waals surface area contributed by atoms with Crippen LogP contribution in [-0.2, 0) is 6.54 Å². The third-order valence-corrected chi connectivity index (χ3v) is 2.96. The molecule has 1 aromatic rings. The zero-order chi connectivity index (χ0) is 13.8. The van der Waals surface area contributed by atoms with E-state index >= 15 is 0 Å². The van der Waals surface area contributed by atoms with Crippen LogP contribution in [0.4, 0.5) is 18.9 Å². The average molecular weight is 325 g/mol. The van der Waals surface area contributed by atoms with Crippen molar-refractivity contribution in [1.29, 1.82) is 0 Å². The lowest BCUT2D eigenvalue weighted by atomic mass is 10.1. The van der Waals surface area contributed by atoms with Gasteiger partial charge in [-0.2, -0.15) is 13.2 Å². The van der Waals surface area contributed by atoms with Crippen molar-refractivity contribution in [2.24, 2.45) is 5.73 Å². The molecule has 0 saturated carbocycles. The first-order chi connectivity index (χ1) is 8.37. The van der Waals surface area contributed by atoms with E-state index in [4.69, 9.17) is 5.73 Å². The molecule has 0 unspecified atom stereocenters. The first-order valence-corrected chi connectivity index (χ1v) is 6.47. The molecule has 2 N–H and O–H groups in total. The van der Waals surface area contributed by atoms with Crippen LogP contribution >= 0.6 is 15.9 Å². The molecular weight excluding hydrogens is 309 g/mol. The monoisotopic (exact) mass is 324 g/mol. The molecule has 0 atom stereocenters. The van der Waals surface area contributed by atoms with Crippen LogP contribution in [-0.4, -0.2) is 19.3 Å². The van der Waals surface area contributed by atoms with Crippen molar-refractivity contribution in [3.63, 3.8) is 0 Å². The Morgan fingerprint density at radius 1 is 1.33 bits per heavy atom. The summed E-state index contributed by atoms with van der Waals surface area (Å²) in [5, 5.41) is 0. The van der Waals surface area contributed by atoms with Crippen LogP contribution < -0.4 is 10.6 Å². The van der Waals surface area contributed by atoms with Crippen molar-refractivity contribution in [1.82, 2.24) is 0 Å². The molecule has 0 bridgehead atoms.